The Morgan fingerprint density at radius 1 is 0.900 bits per heavy atom. The number of pyridine rings is 1. The van der Waals surface area contributed by atoms with Gasteiger partial charge in [-0.3, -0.25) is 4.79 Å². The Labute approximate surface area is 185 Å². The lowest BCUT2D eigenvalue weighted by molar-refractivity contribution is 0.102. The molecule has 0 radical (unpaired) electrons. The molecule has 0 unspecified atom stereocenters. The zero-order chi connectivity index (χ0) is 21.4. The summed E-state index contributed by atoms with van der Waals surface area (Å²) in [6.45, 7) is 5.95. The van der Waals surface area contributed by atoms with E-state index in [4.69, 9.17) is 28.2 Å². The zero-order valence-electron chi connectivity index (χ0n) is 16.9. The molecule has 1 aromatic heterocycles. The minimum atomic E-state index is -0.199. The monoisotopic (exact) mass is 434 g/mol. The Kier molecular flexibility index (Phi) is 5.50. The Balaban J connectivity index is 1.96. The van der Waals surface area contributed by atoms with Crippen molar-refractivity contribution < 1.29 is 4.79 Å². The molecule has 1 amide bonds. The van der Waals surface area contributed by atoms with Gasteiger partial charge < -0.3 is 5.32 Å². The van der Waals surface area contributed by atoms with Crippen LogP contribution in [-0.2, 0) is 0 Å². The summed E-state index contributed by atoms with van der Waals surface area (Å²) in [5.74, 6) is -0.199. The zero-order valence-corrected chi connectivity index (χ0v) is 18.4. The number of halogens is 2. The van der Waals surface area contributed by atoms with Crippen molar-refractivity contribution >= 4 is 45.7 Å². The van der Waals surface area contributed by atoms with Gasteiger partial charge in [-0.25, -0.2) is 4.98 Å². The van der Waals surface area contributed by atoms with Crippen molar-refractivity contribution in [3.8, 4) is 11.3 Å². The largest absolute Gasteiger partial charge is 0.322 e. The second-order valence-electron chi connectivity index (χ2n) is 7.41. The van der Waals surface area contributed by atoms with Crippen molar-refractivity contribution in [2.45, 2.75) is 20.8 Å². The molecule has 1 N–H and O–H groups in total. The van der Waals surface area contributed by atoms with Crippen LogP contribution >= 0.6 is 23.2 Å². The first-order valence-corrected chi connectivity index (χ1v) is 10.3. The summed E-state index contributed by atoms with van der Waals surface area (Å²) in [5.41, 5.74) is 6.56. The van der Waals surface area contributed by atoms with E-state index in [0.717, 1.165) is 38.9 Å². The van der Waals surface area contributed by atoms with Crippen LogP contribution in [-0.4, -0.2) is 10.9 Å². The molecule has 0 aliphatic rings. The van der Waals surface area contributed by atoms with E-state index in [9.17, 15) is 4.79 Å². The van der Waals surface area contributed by atoms with Gasteiger partial charge in [0.05, 0.1) is 16.8 Å². The molecule has 3 aromatic carbocycles. The van der Waals surface area contributed by atoms with Crippen LogP contribution in [0.15, 0.2) is 60.7 Å². The summed E-state index contributed by atoms with van der Waals surface area (Å²) in [4.78, 5) is 18.4. The highest BCUT2D eigenvalue weighted by Crippen LogP contribution is 2.33. The molecule has 0 saturated heterocycles. The van der Waals surface area contributed by atoms with Crippen molar-refractivity contribution in [3.63, 3.8) is 0 Å². The summed E-state index contributed by atoms with van der Waals surface area (Å²) in [7, 11) is 0. The second-order valence-corrected chi connectivity index (χ2v) is 8.29. The van der Waals surface area contributed by atoms with Gasteiger partial charge in [0, 0.05) is 26.7 Å². The van der Waals surface area contributed by atoms with Crippen LogP contribution in [0.25, 0.3) is 22.2 Å². The molecule has 1 heterocycles. The van der Waals surface area contributed by atoms with Crippen LogP contribution in [0, 0.1) is 20.8 Å². The minimum absolute atomic E-state index is 0.199. The number of carbonyl (C=O) groups excluding carboxylic acids is 1. The van der Waals surface area contributed by atoms with Crippen molar-refractivity contribution in [1.82, 2.24) is 4.98 Å². The third kappa shape index (κ3) is 3.91. The van der Waals surface area contributed by atoms with Gasteiger partial charge in [0.15, 0.2) is 0 Å². The van der Waals surface area contributed by atoms with Gasteiger partial charge in [-0.2, -0.15) is 0 Å². The van der Waals surface area contributed by atoms with Gasteiger partial charge in [0.2, 0.25) is 0 Å². The van der Waals surface area contributed by atoms with Gasteiger partial charge >= 0.3 is 0 Å². The minimum Gasteiger partial charge on any atom is -0.322 e. The summed E-state index contributed by atoms with van der Waals surface area (Å²) >= 11 is 12.3. The Bertz CT molecular complexity index is 1300. The van der Waals surface area contributed by atoms with Gasteiger partial charge in [0.25, 0.3) is 5.91 Å². The molecular weight excluding hydrogens is 415 g/mol. The predicted octanol–water partition coefficient (Wildman–Crippen LogP) is 7.39. The highest BCUT2D eigenvalue weighted by Gasteiger charge is 2.20. The Morgan fingerprint density at radius 2 is 1.60 bits per heavy atom. The van der Waals surface area contributed by atoms with Gasteiger partial charge in [-0.1, -0.05) is 53.0 Å². The van der Waals surface area contributed by atoms with Crippen LogP contribution in [0.4, 0.5) is 5.69 Å². The van der Waals surface area contributed by atoms with E-state index in [1.165, 1.54) is 0 Å². The first kappa shape index (κ1) is 20.4. The summed E-state index contributed by atoms with van der Waals surface area (Å²) in [6, 6.07) is 18.7. The van der Waals surface area contributed by atoms with E-state index in [-0.39, 0.29) is 5.91 Å². The fourth-order valence-corrected chi connectivity index (χ4v) is 4.16. The fourth-order valence-electron chi connectivity index (χ4n) is 3.78. The van der Waals surface area contributed by atoms with Crippen molar-refractivity contribution in [3.05, 3.63) is 93.0 Å². The summed E-state index contributed by atoms with van der Waals surface area (Å²) < 4.78 is 0. The van der Waals surface area contributed by atoms with Crippen molar-refractivity contribution in [2.24, 2.45) is 0 Å². The molecule has 3 nitrogen and oxygen atoms in total. The highest BCUT2D eigenvalue weighted by molar-refractivity contribution is 6.31. The van der Waals surface area contributed by atoms with E-state index in [0.29, 0.717) is 21.3 Å². The highest BCUT2D eigenvalue weighted by atomic mass is 35.5. The maximum atomic E-state index is 13.4. The second kappa shape index (κ2) is 8.10. The van der Waals surface area contributed by atoms with E-state index in [1.54, 1.807) is 18.2 Å². The van der Waals surface area contributed by atoms with E-state index >= 15 is 0 Å². The lowest BCUT2D eigenvalue weighted by Gasteiger charge is -2.17. The number of hydrogen-bond acceptors (Lipinski definition) is 2. The average Bonchev–Trinajstić information content (AvgIpc) is 2.67. The molecule has 0 saturated carbocycles. The van der Waals surface area contributed by atoms with Crippen molar-refractivity contribution in [1.29, 1.82) is 0 Å². The third-order valence-electron chi connectivity index (χ3n) is 5.08. The average molecular weight is 435 g/mol. The maximum absolute atomic E-state index is 13.4. The van der Waals surface area contributed by atoms with Crippen LogP contribution in [0.2, 0.25) is 10.0 Å². The molecule has 0 fully saturated rings. The van der Waals surface area contributed by atoms with Gasteiger partial charge in [-0.05, 0) is 68.3 Å². The molecule has 4 rings (SSSR count). The van der Waals surface area contributed by atoms with Crippen LogP contribution in [0.1, 0.15) is 27.0 Å². The SMILES string of the molecule is Cc1cc(C)c2nc(-c3cccc(Cl)c3)c(C)c(C(=O)Nc3cccc(Cl)c3)c2c1. The standard InChI is InChI=1S/C25H20Cl2N2O/c1-14-10-15(2)23-21(11-14)22(25(30)28-20-9-5-8-19(27)13-20)16(3)24(29-23)17-6-4-7-18(26)12-17/h4-13H,1-3H3,(H,28,30). The molecule has 150 valence electrons. The molecular formula is C25H20Cl2N2O. The lowest BCUT2D eigenvalue weighted by Crippen LogP contribution is -2.15. The van der Waals surface area contributed by atoms with Crippen LogP contribution < -0.4 is 5.32 Å². The first-order valence-electron chi connectivity index (χ1n) is 9.58. The fraction of sp³-hybridized carbons (Fsp3) is 0.120. The summed E-state index contributed by atoms with van der Waals surface area (Å²) in [5, 5.41) is 5.00. The number of aromatic nitrogens is 1. The number of nitrogens with one attached hydrogen (secondary N) is 1. The van der Waals surface area contributed by atoms with Gasteiger partial charge in [-0.15, -0.1) is 0 Å². The number of nitrogens with zero attached hydrogens (tertiary/aromatic N) is 1. The molecule has 0 atom stereocenters. The smallest absolute Gasteiger partial charge is 0.256 e. The predicted molar refractivity (Wildman–Crippen MR) is 126 cm³/mol. The van der Waals surface area contributed by atoms with E-state index in [2.05, 4.69) is 11.4 Å². The quantitative estimate of drug-likeness (QED) is 0.365. The number of carbonyl (C=O) groups is 1. The van der Waals surface area contributed by atoms with E-state index < -0.39 is 0 Å². The molecule has 5 heteroatoms. The molecule has 4 aromatic rings. The van der Waals surface area contributed by atoms with Crippen LogP contribution in [0.5, 0.6) is 0 Å². The number of benzene rings is 3. The topological polar surface area (TPSA) is 42.0 Å². The molecule has 0 aliphatic carbocycles. The molecule has 0 spiro atoms. The Morgan fingerprint density at radius 3 is 2.30 bits per heavy atom. The lowest BCUT2D eigenvalue weighted by atomic mass is 9.94. The normalized spacial score (nSPS) is 11.0. The first-order chi connectivity index (χ1) is 14.3. The number of anilines is 1. The molecule has 0 bridgehead atoms. The number of amides is 1. The van der Waals surface area contributed by atoms with Gasteiger partial charge in [0.1, 0.15) is 0 Å². The number of hydrogen-bond donors (Lipinski definition) is 1. The number of rotatable bonds is 3. The Hall–Kier alpha value is -2.88. The summed E-state index contributed by atoms with van der Waals surface area (Å²) in [6.07, 6.45) is 0. The third-order valence-corrected chi connectivity index (χ3v) is 5.55. The molecule has 30 heavy (non-hydrogen) atoms. The van der Waals surface area contributed by atoms with Crippen LogP contribution in [0.3, 0.4) is 0 Å². The molecule has 0 aliphatic heterocycles. The van der Waals surface area contributed by atoms with E-state index in [1.807, 2.05) is 57.2 Å². The van der Waals surface area contributed by atoms with Crippen molar-refractivity contribution in [2.75, 3.05) is 5.32 Å². The maximum Gasteiger partial charge on any atom is 0.256 e. The number of fused-ring (bicyclic) bond motifs is 1. The number of aryl methyl sites for hydroxylation is 2.